The lowest BCUT2D eigenvalue weighted by atomic mass is 9.98. The van der Waals surface area contributed by atoms with Crippen LogP contribution >= 0.6 is 0 Å². The monoisotopic (exact) mass is 468 g/mol. The van der Waals surface area contributed by atoms with Gasteiger partial charge in [-0.2, -0.15) is 0 Å². The van der Waals surface area contributed by atoms with Crippen LogP contribution in [0, 0.1) is 0 Å². The van der Waals surface area contributed by atoms with Gasteiger partial charge in [0.25, 0.3) is 0 Å². The summed E-state index contributed by atoms with van der Waals surface area (Å²) in [7, 11) is 0. The highest BCUT2D eigenvalue weighted by Gasteiger charge is 2.27. The zero-order valence-corrected chi connectivity index (χ0v) is 20.1. The molecule has 0 atom stereocenters. The number of aromatic nitrogens is 4. The van der Waals surface area contributed by atoms with Gasteiger partial charge in [0.1, 0.15) is 5.52 Å². The fraction of sp³-hybridized carbons (Fsp3) is 0.0968. The Balaban J connectivity index is 1.70. The lowest BCUT2D eigenvalue weighted by Crippen LogP contribution is -2.05. The van der Waals surface area contributed by atoms with Crippen LogP contribution in [0.15, 0.2) is 108 Å². The first kappa shape index (κ1) is 20.7. The quantitative estimate of drug-likeness (QED) is 0.264. The number of hydrogen-bond acceptors (Lipinski definition) is 3. The molecule has 0 N–H and O–H groups in total. The first-order chi connectivity index (χ1) is 17.7. The first-order valence-corrected chi connectivity index (χ1v) is 12.2. The Bertz CT molecular complexity index is 1860. The van der Waals surface area contributed by atoms with Crippen molar-refractivity contribution in [2.24, 2.45) is 0 Å². The maximum atomic E-state index is 5.72. The van der Waals surface area contributed by atoms with Crippen molar-refractivity contribution in [1.82, 2.24) is 19.1 Å². The molecule has 0 aliphatic carbocycles. The highest BCUT2D eigenvalue weighted by atomic mass is 16.3. The Kier molecular flexibility index (Phi) is 4.58. The molecule has 3 heterocycles. The molecule has 0 bridgehead atoms. The van der Waals surface area contributed by atoms with Crippen LogP contribution in [0.2, 0.25) is 0 Å². The summed E-state index contributed by atoms with van der Waals surface area (Å²) in [5.74, 6) is 1.16. The molecular weight excluding hydrogens is 444 g/mol. The summed E-state index contributed by atoms with van der Waals surface area (Å²) in [6, 6.07) is 33.6. The van der Waals surface area contributed by atoms with E-state index in [1.54, 1.807) is 0 Å². The molecule has 7 rings (SSSR count). The van der Waals surface area contributed by atoms with Crippen molar-refractivity contribution in [1.29, 1.82) is 0 Å². The Labute approximate surface area is 208 Å². The van der Waals surface area contributed by atoms with Gasteiger partial charge in [0.05, 0.1) is 22.2 Å². The largest absolute Gasteiger partial charge is 0.443 e. The van der Waals surface area contributed by atoms with E-state index in [0.29, 0.717) is 0 Å². The molecule has 0 aliphatic heterocycles. The zero-order valence-electron chi connectivity index (χ0n) is 20.1. The highest BCUT2D eigenvalue weighted by molar-refractivity contribution is 6.01. The van der Waals surface area contributed by atoms with Crippen molar-refractivity contribution in [3.8, 4) is 22.9 Å². The van der Waals surface area contributed by atoms with Crippen LogP contribution in [-0.2, 0) is 0 Å². The third-order valence-electron chi connectivity index (χ3n) is 6.84. The molecule has 0 radical (unpaired) electrons. The summed E-state index contributed by atoms with van der Waals surface area (Å²) in [6.45, 7) is 4.49. The van der Waals surface area contributed by atoms with Gasteiger partial charge in [-0.05, 0) is 60.0 Å². The topological polar surface area (TPSA) is 48.8 Å². The fourth-order valence-electron chi connectivity index (χ4n) is 5.34. The van der Waals surface area contributed by atoms with Gasteiger partial charge in [0.2, 0.25) is 0 Å². The Morgan fingerprint density at radius 3 is 2.08 bits per heavy atom. The molecule has 3 aromatic heterocycles. The standard InChI is InChI=1S/C31H24N4O/c1-20(2)29-23-17-28-25(32-19-36-28)18-27(23)34(21-11-5-3-6-12-21)30(29)31-33-24-15-9-10-16-26(24)35(31)22-13-7-4-8-14-22/h3-20H,1-2H3. The Hall–Kier alpha value is -4.64. The lowest BCUT2D eigenvalue weighted by molar-refractivity contribution is 0.602. The number of benzene rings is 4. The molecule has 0 fully saturated rings. The van der Waals surface area contributed by atoms with Crippen LogP contribution in [0.3, 0.4) is 0 Å². The third kappa shape index (κ3) is 3.02. The van der Waals surface area contributed by atoms with E-state index in [4.69, 9.17) is 9.40 Å². The Morgan fingerprint density at radius 1 is 0.694 bits per heavy atom. The number of rotatable bonds is 4. The summed E-state index contributed by atoms with van der Waals surface area (Å²) < 4.78 is 10.3. The molecule has 36 heavy (non-hydrogen) atoms. The van der Waals surface area contributed by atoms with Crippen LogP contribution in [0.25, 0.3) is 55.9 Å². The van der Waals surface area contributed by atoms with E-state index in [1.165, 1.54) is 12.0 Å². The van der Waals surface area contributed by atoms with E-state index in [0.717, 1.165) is 55.9 Å². The normalized spacial score (nSPS) is 11.9. The van der Waals surface area contributed by atoms with E-state index >= 15 is 0 Å². The van der Waals surface area contributed by atoms with Crippen LogP contribution in [0.5, 0.6) is 0 Å². The fourth-order valence-corrected chi connectivity index (χ4v) is 5.34. The second kappa shape index (κ2) is 7.95. The minimum absolute atomic E-state index is 0.247. The van der Waals surface area contributed by atoms with Gasteiger partial charge in [-0.15, -0.1) is 0 Å². The summed E-state index contributed by atoms with van der Waals surface area (Å²) in [6.07, 6.45) is 1.52. The third-order valence-corrected chi connectivity index (χ3v) is 6.84. The average molecular weight is 469 g/mol. The number of hydrogen-bond donors (Lipinski definition) is 0. The van der Waals surface area contributed by atoms with Crippen molar-refractivity contribution in [2.75, 3.05) is 0 Å². The number of oxazole rings is 1. The number of imidazole rings is 1. The zero-order chi connectivity index (χ0) is 24.2. The maximum absolute atomic E-state index is 5.72. The highest BCUT2D eigenvalue weighted by Crippen LogP contribution is 2.43. The first-order valence-electron chi connectivity index (χ1n) is 12.2. The lowest BCUT2D eigenvalue weighted by Gasteiger charge is -2.16. The SMILES string of the molecule is CC(C)c1c(-c2nc3ccccc3n2-c2ccccc2)n(-c2ccccc2)c2cc3ncoc3cc12. The molecule has 0 saturated carbocycles. The van der Waals surface area contributed by atoms with Crippen LogP contribution in [0.1, 0.15) is 25.3 Å². The molecule has 0 amide bonds. The molecule has 0 saturated heterocycles. The molecule has 5 heteroatoms. The van der Waals surface area contributed by atoms with Crippen LogP contribution < -0.4 is 0 Å². The van der Waals surface area contributed by atoms with Crippen molar-refractivity contribution >= 4 is 33.0 Å². The van der Waals surface area contributed by atoms with Crippen molar-refractivity contribution in [2.45, 2.75) is 19.8 Å². The summed E-state index contributed by atoms with van der Waals surface area (Å²) in [5.41, 5.74) is 9.25. The average Bonchev–Trinajstić information content (AvgIpc) is 3.61. The van der Waals surface area contributed by atoms with Crippen molar-refractivity contribution in [3.63, 3.8) is 0 Å². The van der Waals surface area contributed by atoms with E-state index in [2.05, 4.69) is 107 Å². The molecule has 4 aromatic carbocycles. The minimum Gasteiger partial charge on any atom is -0.443 e. The number of para-hydroxylation sites is 4. The van der Waals surface area contributed by atoms with Gasteiger partial charge >= 0.3 is 0 Å². The van der Waals surface area contributed by atoms with Gasteiger partial charge in [0.15, 0.2) is 17.8 Å². The predicted molar refractivity (Wildman–Crippen MR) is 145 cm³/mol. The summed E-state index contributed by atoms with van der Waals surface area (Å²) in [4.78, 5) is 9.70. The minimum atomic E-state index is 0.247. The van der Waals surface area contributed by atoms with Gasteiger partial charge in [0, 0.05) is 16.8 Å². The van der Waals surface area contributed by atoms with E-state index < -0.39 is 0 Å². The number of fused-ring (bicyclic) bond motifs is 3. The maximum Gasteiger partial charge on any atom is 0.181 e. The second-order valence-electron chi connectivity index (χ2n) is 9.37. The molecule has 0 aliphatic rings. The van der Waals surface area contributed by atoms with Crippen molar-refractivity contribution < 1.29 is 4.42 Å². The van der Waals surface area contributed by atoms with Gasteiger partial charge in [-0.3, -0.25) is 4.57 Å². The summed E-state index contributed by atoms with van der Waals surface area (Å²) in [5, 5.41) is 1.15. The van der Waals surface area contributed by atoms with Crippen LogP contribution in [0.4, 0.5) is 0 Å². The smallest absolute Gasteiger partial charge is 0.181 e. The molecular formula is C31H24N4O. The Morgan fingerprint density at radius 2 is 1.36 bits per heavy atom. The number of nitrogens with zero attached hydrogens (tertiary/aromatic N) is 4. The van der Waals surface area contributed by atoms with E-state index in [9.17, 15) is 0 Å². The predicted octanol–water partition coefficient (Wildman–Crippen LogP) is 7.90. The van der Waals surface area contributed by atoms with Gasteiger partial charge in [-0.1, -0.05) is 62.4 Å². The molecule has 5 nitrogen and oxygen atoms in total. The second-order valence-corrected chi connectivity index (χ2v) is 9.37. The molecule has 174 valence electrons. The molecule has 7 aromatic rings. The van der Waals surface area contributed by atoms with E-state index in [-0.39, 0.29) is 5.92 Å². The van der Waals surface area contributed by atoms with E-state index in [1.807, 2.05) is 18.2 Å². The van der Waals surface area contributed by atoms with Gasteiger partial charge < -0.3 is 8.98 Å². The van der Waals surface area contributed by atoms with Gasteiger partial charge in [-0.25, -0.2) is 9.97 Å². The van der Waals surface area contributed by atoms with Crippen molar-refractivity contribution in [3.05, 3.63) is 109 Å². The molecule has 0 spiro atoms. The van der Waals surface area contributed by atoms with Crippen LogP contribution in [-0.4, -0.2) is 19.1 Å². The summed E-state index contributed by atoms with van der Waals surface area (Å²) >= 11 is 0. The molecule has 0 unspecified atom stereocenters.